The standard InChI is InChI=1S/C41H37F6N7O3/c1-3-25-30(43)8-5-20-11-24(55)12-27(31(20)25)32-34(44)36-33(28-18-51(2)50-35(28)32)37(49-39(48-36)57-19-40-9-4-10-53(40)15-21(42)14-40)52-16-22-6-7-23(17-52)54(22)38(56)26-13-29(26)41(45,46)47/h1,5,8,11-12,18,21-23,26,29,55H,4,6-7,9-10,13-17,19H2,2H3/t21-,22?,23?,26?,29?,40+/m1/s1. The summed E-state index contributed by atoms with van der Waals surface area (Å²) in [6.07, 6.45) is 4.79. The average Bonchev–Trinajstić information content (AvgIpc) is 3.52. The molecule has 57 heavy (non-hydrogen) atoms. The number of aromatic nitrogens is 4. The van der Waals surface area contributed by atoms with E-state index in [2.05, 4.69) is 20.9 Å². The van der Waals surface area contributed by atoms with Gasteiger partial charge in [0, 0.05) is 67.7 Å². The van der Waals surface area contributed by atoms with Crippen molar-refractivity contribution in [3.05, 3.63) is 47.7 Å². The van der Waals surface area contributed by atoms with Gasteiger partial charge >= 0.3 is 12.2 Å². The number of terminal acetylenes is 1. The van der Waals surface area contributed by atoms with Gasteiger partial charge in [-0.25, -0.2) is 13.2 Å². The van der Waals surface area contributed by atoms with Crippen molar-refractivity contribution < 1.29 is 41.0 Å². The van der Waals surface area contributed by atoms with Crippen LogP contribution in [-0.2, 0) is 11.8 Å². The average molecular weight is 790 g/mol. The third kappa shape index (κ3) is 5.59. The zero-order valence-corrected chi connectivity index (χ0v) is 30.8. The predicted molar refractivity (Wildman–Crippen MR) is 198 cm³/mol. The van der Waals surface area contributed by atoms with Crippen LogP contribution in [0, 0.1) is 35.8 Å². The number of carbonyl (C=O) groups is 1. The van der Waals surface area contributed by atoms with Crippen LogP contribution in [0.1, 0.15) is 44.1 Å². The van der Waals surface area contributed by atoms with Gasteiger partial charge in [0.25, 0.3) is 0 Å². The predicted octanol–water partition coefficient (Wildman–Crippen LogP) is 6.64. The summed E-state index contributed by atoms with van der Waals surface area (Å²) in [7, 11) is 1.65. The minimum atomic E-state index is -4.43. The van der Waals surface area contributed by atoms with Gasteiger partial charge in [0.1, 0.15) is 41.2 Å². The number of anilines is 1. The zero-order chi connectivity index (χ0) is 39.7. The van der Waals surface area contributed by atoms with E-state index in [0.29, 0.717) is 36.6 Å². The number of benzene rings is 3. The van der Waals surface area contributed by atoms with E-state index in [0.717, 1.165) is 13.0 Å². The Morgan fingerprint density at radius 1 is 1.09 bits per heavy atom. The first-order valence-electron chi connectivity index (χ1n) is 19.2. The molecule has 1 N–H and O–H groups in total. The summed E-state index contributed by atoms with van der Waals surface area (Å²) < 4.78 is 96.0. The van der Waals surface area contributed by atoms with Gasteiger partial charge in [-0.3, -0.25) is 14.4 Å². The summed E-state index contributed by atoms with van der Waals surface area (Å²) in [5.74, 6) is -2.34. The molecule has 5 aromatic rings. The molecule has 1 saturated carbocycles. The third-order valence-electron chi connectivity index (χ3n) is 12.9. The fourth-order valence-electron chi connectivity index (χ4n) is 10.3. The van der Waals surface area contributed by atoms with Crippen molar-refractivity contribution in [2.24, 2.45) is 18.9 Å². The summed E-state index contributed by atoms with van der Waals surface area (Å²) in [4.78, 5) is 28.6. The molecule has 16 heteroatoms. The van der Waals surface area contributed by atoms with Gasteiger partial charge in [0.15, 0.2) is 5.82 Å². The van der Waals surface area contributed by atoms with Gasteiger partial charge in [0.2, 0.25) is 5.91 Å². The highest BCUT2D eigenvalue weighted by Gasteiger charge is 2.61. The van der Waals surface area contributed by atoms with Crippen LogP contribution in [0.15, 0.2) is 30.5 Å². The molecule has 4 aliphatic heterocycles. The van der Waals surface area contributed by atoms with E-state index in [1.165, 1.54) is 28.9 Å². The number of ether oxygens (including phenoxy) is 1. The van der Waals surface area contributed by atoms with Crippen molar-refractivity contribution in [3.63, 3.8) is 0 Å². The molecule has 3 aromatic carbocycles. The van der Waals surface area contributed by atoms with E-state index in [1.54, 1.807) is 18.1 Å². The monoisotopic (exact) mass is 789 g/mol. The lowest BCUT2D eigenvalue weighted by Gasteiger charge is -2.42. The molecule has 0 spiro atoms. The maximum Gasteiger partial charge on any atom is 0.392 e. The van der Waals surface area contributed by atoms with Crippen molar-refractivity contribution >= 4 is 44.3 Å². The molecule has 1 amide bonds. The highest BCUT2D eigenvalue weighted by molar-refractivity contribution is 6.18. The van der Waals surface area contributed by atoms with Gasteiger partial charge in [-0.2, -0.15) is 28.2 Å². The van der Waals surface area contributed by atoms with Gasteiger partial charge in [0.05, 0.1) is 28.3 Å². The molecular weight excluding hydrogens is 752 g/mol. The first kappa shape index (κ1) is 36.1. The number of aromatic hydroxyl groups is 1. The van der Waals surface area contributed by atoms with E-state index in [9.17, 15) is 27.5 Å². The highest BCUT2D eigenvalue weighted by atomic mass is 19.4. The Morgan fingerprint density at radius 2 is 1.86 bits per heavy atom. The first-order chi connectivity index (χ1) is 27.2. The number of phenolic OH excluding ortho intramolecular Hbond substituents is 1. The number of piperazine rings is 1. The number of alkyl halides is 4. The van der Waals surface area contributed by atoms with E-state index >= 15 is 8.78 Å². The quantitative estimate of drug-likeness (QED) is 0.151. The lowest BCUT2D eigenvalue weighted by atomic mass is 9.91. The second kappa shape index (κ2) is 12.6. The normalized spacial score (nSPS) is 27.2. The molecule has 6 atom stereocenters. The molecule has 4 saturated heterocycles. The van der Waals surface area contributed by atoms with Crippen molar-refractivity contribution in [2.45, 2.75) is 68.5 Å². The minimum absolute atomic E-state index is 0.0548. The van der Waals surface area contributed by atoms with Crippen LogP contribution in [0.25, 0.3) is 43.7 Å². The zero-order valence-electron chi connectivity index (χ0n) is 30.8. The number of carbonyl (C=O) groups excluding carboxylic acids is 1. The number of aryl methyl sites for hydroxylation is 1. The number of amides is 1. The van der Waals surface area contributed by atoms with Crippen molar-refractivity contribution in [2.75, 3.05) is 37.7 Å². The summed E-state index contributed by atoms with van der Waals surface area (Å²) in [6.45, 7) is 1.49. The molecule has 10 rings (SSSR count). The molecule has 0 radical (unpaired) electrons. The van der Waals surface area contributed by atoms with E-state index in [4.69, 9.17) is 16.1 Å². The van der Waals surface area contributed by atoms with Crippen LogP contribution >= 0.6 is 0 Å². The van der Waals surface area contributed by atoms with Crippen LogP contribution in [0.3, 0.4) is 0 Å². The van der Waals surface area contributed by atoms with E-state index in [-0.39, 0.29) is 88.6 Å². The van der Waals surface area contributed by atoms with Crippen LogP contribution in [0.2, 0.25) is 0 Å². The molecule has 2 bridgehead atoms. The Balaban J connectivity index is 1.14. The number of fused-ring (bicyclic) bond motifs is 7. The van der Waals surface area contributed by atoms with E-state index < -0.39 is 59.3 Å². The summed E-state index contributed by atoms with van der Waals surface area (Å²) in [5, 5.41) is 16.8. The summed E-state index contributed by atoms with van der Waals surface area (Å²) >= 11 is 0. The number of hydrogen-bond acceptors (Lipinski definition) is 8. The molecular formula is C41H37F6N7O3. The van der Waals surface area contributed by atoms with Crippen LogP contribution < -0.4 is 9.64 Å². The molecule has 4 unspecified atom stereocenters. The number of nitrogens with zero attached hydrogens (tertiary/aromatic N) is 7. The van der Waals surface area contributed by atoms with Crippen LogP contribution in [0.4, 0.5) is 32.2 Å². The number of rotatable bonds is 6. The Labute approximate surface area is 322 Å². The summed E-state index contributed by atoms with van der Waals surface area (Å²) in [6, 6.07) is 4.35. The van der Waals surface area contributed by atoms with Crippen molar-refractivity contribution in [1.29, 1.82) is 0 Å². The lowest BCUT2D eigenvalue weighted by Crippen LogP contribution is -2.56. The maximum atomic E-state index is 17.7. The van der Waals surface area contributed by atoms with Gasteiger partial charge in [-0.15, -0.1) is 6.42 Å². The smallest absolute Gasteiger partial charge is 0.392 e. The molecule has 6 heterocycles. The number of phenols is 1. The second-order valence-corrected chi connectivity index (χ2v) is 16.4. The lowest BCUT2D eigenvalue weighted by molar-refractivity contribution is -0.158. The molecule has 296 valence electrons. The Hall–Kier alpha value is -5.30. The maximum absolute atomic E-state index is 17.7. The Kier molecular flexibility index (Phi) is 7.97. The van der Waals surface area contributed by atoms with Gasteiger partial charge in [-0.05, 0) is 67.8 Å². The van der Waals surface area contributed by atoms with Gasteiger partial charge < -0.3 is 19.6 Å². The Bertz CT molecular complexity index is 2560. The second-order valence-electron chi connectivity index (χ2n) is 16.4. The third-order valence-corrected chi connectivity index (χ3v) is 12.9. The SMILES string of the molecule is C#Cc1c(F)ccc2cc(O)cc(-c3c(F)c4nc(OC[C@@]56CCCN5C[C@H](F)C6)nc(N5CC6CCC(C5)N6C(=O)C5CC5C(F)(F)F)c4c4cn(C)nc34)c12. The number of halogens is 6. The fourth-order valence-corrected chi connectivity index (χ4v) is 10.3. The van der Waals surface area contributed by atoms with E-state index in [1.807, 2.05) is 4.90 Å². The first-order valence-corrected chi connectivity index (χ1v) is 19.2. The molecule has 2 aromatic heterocycles. The largest absolute Gasteiger partial charge is 0.508 e. The highest BCUT2D eigenvalue weighted by Crippen LogP contribution is 2.53. The number of hydrogen-bond donors (Lipinski definition) is 1. The minimum Gasteiger partial charge on any atom is -0.508 e. The fraction of sp³-hybridized carbons (Fsp3) is 0.463. The van der Waals surface area contributed by atoms with Crippen LogP contribution in [0.5, 0.6) is 11.8 Å². The van der Waals surface area contributed by atoms with Gasteiger partial charge in [-0.1, -0.05) is 12.0 Å². The molecule has 1 aliphatic carbocycles. The van der Waals surface area contributed by atoms with Crippen molar-refractivity contribution in [1.82, 2.24) is 29.5 Å². The summed E-state index contributed by atoms with van der Waals surface area (Å²) in [5.41, 5.74) is -0.708. The van der Waals surface area contributed by atoms with Crippen molar-refractivity contribution in [3.8, 4) is 35.2 Å². The topological polar surface area (TPSA) is 99.9 Å². The van der Waals surface area contributed by atoms with Crippen LogP contribution in [-0.4, -0.2) is 103 Å². The molecule has 5 fully saturated rings. The molecule has 5 aliphatic rings. The Morgan fingerprint density at radius 3 is 2.58 bits per heavy atom. The molecule has 10 nitrogen and oxygen atoms in total.